The Bertz CT molecular complexity index is 2100. The van der Waals surface area contributed by atoms with Crippen LogP contribution in [-0.4, -0.2) is 109 Å². The number of carbonyl (C=O) groups excluding carboxylic acids is 5. The lowest BCUT2D eigenvalue weighted by molar-refractivity contribution is -0.142. The first-order valence-corrected chi connectivity index (χ1v) is 22.8. The SMILES string of the molecule is CC(C)(C)OC(=O)N([C@H]1CCCCC/C=C\[C@@H]2C[C@@]2(C(=O)NS(=O)(=O)C2CC2)CC(=O)[C@@H]2C[C@@H](OC(=O)N3Cc4ccc5c(c4C3)OCO5)CN2C1=O)S(C)(=O)=O. The van der Waals surface area contributed by atoms with Crippen molar-refractivity contribution in [1.29, 1.82) is 0 Å². The number of Topliss-reactive ketones (excluding diaryl/α,β-unsaturated/α-hetero) is 1. The van der Waals surface area contributed by atoms with Gasteiger partial charge in [-0.25, -0.2) is 26.4 Å². The Morgan fingerprint density at radius 3 is 2.46 bits per heavy atom. The average Bonchev–Trinajstić information content (AvgIpc) is 3.90. The highest BCUT2D eigenvalue weighted by Crippen LogP contribution is 2.57. The zero-order chi connectivity index (χ0) is 41.1. The van der Waals surface area contributed by atoms with Crippen LogP contribution < -0.4 is 14.2 Å². The van der Waals surface area contributed by atoms with Crippen LogP contribution in [0.15, 0.2) is 24.3 Å². The summed E-state index contributed by atoms with van der Waals surface area (Å²) in [5.74, 6) is -1.56. The van der Waals surface area contributed by atoms with Crippen LogP contribution in [0.5, 0.6) is 11.5 Å². The molecule has 0 radical (unpaired) electrons. The first-order valence-electron chi connectivity index (χ1n) is 19.4. The molecule has 0 unspecified atom stereocenters. The molecule has 2 saturated carbocycles. The van der Waals surface area contributed by atoms with Crippen LogP contribution in [0.1, 0.15) is 96.1 Å². The van der Waals surface area contributed by atoms with Crippen molar-refractivity contribution in [1.82, 2.24) is 18.8 Å². The van der Waals surface area contributed by atoms with Crippen molar-refractivity contribution in [3.63, 3.8) is 0 Å². The van der Waals surface area contributed by atoms with E-state index in [9.17, 15) is 40.8 Å². The van der Waals surface area contributed by atoms with Crippen LogP contribution in [0, 0.1) is 11.3 Å². The van der Waals surface area contributed by atoms with Crippen molar-refractivity contribution in [2.24, 2.45) is 11.3 Å². The number of nitrogens with one attached hydrogen (secondary N) is 1. The summed E-state index contributed by atoms with van der Waals surface area (Å²) in [7, 11) is -8.36. The van der Waals surface area contributed by atoms with Crippen LogP contribution in [0.3, 0.4) is 0 Å². The van der Waals surface area contributed by atoms with Gasteiger partial charge < -0.3 is 23.8 Å². The normalized spacial score (nSPS) is 28.3. The van der Waals surface area contributed by atoms with Gasteiger partial charge in [0.1, 0.15) is 17.7 Å². The van der Waals surface area contributed by atoms with Crippen molar-refractivity contribution >= 4 is 49.8 Å². The maximum Gasteiger partial charge on any atom is 0.424 e. The standard InChI is InChI=1S/C38H50N4O13S2/c1-37(2,3)55-36(47)42(56(4,48)49)28-11-9-7-5-6-8-10-24-17-38(24,34(45)39-57(50,51)26-13-14-26)18-30(43)29-16-25(20-41(29)33(28)44)54-35(46)40-19-23-12-15-31-32(27(23)21-40)53-22-52-31/h8,10,12,15,24-26,28-29H,5-7,9,11,13-14,16-22H2,1-4H3,(H,39,45)/b10-8-/t24-,25-,28+,29+,38-/m1/s1. The number of amides is 4. The summed E-state index contributed by atoms with van der Waals surface area (Å²) in [6.07, 6.45) is 3.99. The second-order valence-corrected chi connectivity index (χ2v) is 20.8. The molecule has 3 fully saturated rings. The van der Waals surface area contributed by atoms with Crippen molar-refractivity contribution in [3.05, 3.63) is 35.4 Å². The van der Waals surface area contributed by atoms with Crippen LogP contribution >= 0.6 is 0 Å². The number of carbonyl (C=O) groups is 5. The number of hydrogen-bond donors (Lipinski definition) is 1. The number of nitrogens with zero attached hydrogens (tertiary/aromatic N) is 3. The van der Waals surface area contributed by atoms with Crippen molar-refractivity contribution in [2.45, 2.75) is 127 Å². The molecule has 0 bridgehead atoms. The monoisotopic (exact) mass is 834 g/mol. The topological polar surface area (TPSA) is 212 Å². The Labute approximate surface area is 332 Å². The summed E-state index contributed by atoms with van der Waals surface area (Å²) < 4.78 is 77.6. The predicted octanol–water partition coefficient (Wildman–Crippen LogP) is 3.50. The van der Waals surface area contributed by atoms with Gasteiger partial charge in [0.05, 0.1) is 36.1 Å². The Morgan fingerprint density at radius 2 is 1.75 bits per heavy atom. The minimum Gasteiger partial charge on any atom is -0.454 e. The maximum absolute atomic E-state index is 14.8. The van der Waals surface area contributed by atoms with E-state index in [0.717, 1.165) is 22.3 Å². The molecule has 7 rings (SSSR count). The third-order valence-corrected chi connectivity index (χ3v) is 14.3. The first kappa shape index (κ1) is 40.8. The van der Waals surface area contributed by atoms with Crippen LogP contribution in [0.4, 0.5) is 9.59 Å². The number of ketones is 1. The summed E-state index contributed by atoms with van der Waals surface area (Å²) in [5, 5.41) is -0.674. The summed E-state index contributed by atoms with van der Waals surface area (Å²) in [6, 6.07) is 0.688. The molecule has 0 aromatic heterocycles. The molecule has 19 heteroatoms. The molecule has 1 N–H and O–H groups in total. The van der Waals surface area contributed by atoms with E-state index < -0.39 is 96.6 Å². The van der Waals surface area contributed by atoms with Gasteiger partial charge in [0.25, 0.3) is 0 Å². The Hall–Kier alpha value is -4.39. The second kappa shape index (κ2) is 15.1. The summed E-state index contributed by atoms with van der Waals surface area (Å²) in [5.41, 5.74) is -0.900. The van der Waals surface area contributed by atoms with Crippen molar-refractivity contribution < 1.29 is 59.8 Å². The average molecular weight is 835 g/mol. The number of benzene rings is 1. The molecule has 17 nitrogen and oxygen atoms in total. The van der Waals surface area contributed by atoms with Gasteiger partial charge in [-0.05, 0) is 76.8 Å². The van der Waals surface area contributed by atoms with Gasteiger partial charge in [-0.1, -0.05) is 31.1 Å². The minimum atomic E-state index is -4.42. The zero-order valence-corrected chi connectivity index (χ0v) is 34.2. The van der Waals surface area contributed by atoms with E-state index in [2.05, 4.69) is 4.72 Å². The van der Waals surface area contributed by atoms with Crippen LogP contribution in [0.2, 0.25) is 0 Å². The lowest BCUT2D eigenvalue weighted by atomic mass is 9.91. The van der Waals surface area contributed by atoms with E-state index in [1.54, 1.807) is 26.8 Å². The molecule has 0 spiro atoms. The molecule has 4 heterocycles. The van der Waals surface area contributed by atoms with E-state index in [0.29, 0.717) is 54.3 Å². The third kappa shape index (κ3) is 8.59. The highest BCUT2D eigenvalue weighted by Gasteiger charge is 2.62. The first-order chi connectivity index (χ1) is 26.8. The molecule has 4 amide bonds. The zero-order valence-electron chi connectivity index (χ0n) is 32.6. The van der Waals surface area contributed by atoms with Gasteiger partial charge in [-0.3, -0.25) is 24.0 Å². The van der Waals surface area contributed by atoms with E-state index >= 15 is 0 Å². The molecule has 1 aromatic rings. The van der Waals surface area contributed by atoms with Crippen LogP contribution in [-0.2, 0) is 57.0 Å². The molecule has 1 aromatic carbocycles. The van der Waals surface area contributed by atoms with Gasteiger partial charge in [-0.2, -0.15) is 4.31 Å². The Morgan fingerprint density at radius 1 is 1.00 bits per heavy atom. The number of fused-ring (bicyclic) bond motifs is 5. The van der Waals surface area contributed by atoms with Crippen molar-refractivity contribution in [3.8, 4) is 11.5 Å². The highest BCUT2D eigenvalue weighted by atomic mass is 32.2. The Balaban J connectivity index is 1.19. The van der Waals surface area contributed by atoms with E-state index in [1.807, 2.05) is 18.2 Å². The van der Waals surface area contributed by atoms with E-state index in [1.165, 1.54) is 4.90 Å². The quantitative estimate of drug-likeness (QED) is 0.407. The molecular weight excluding hydrogens is 785 g/mol. The highest BCUT2D eigenvalue weighted by molar-refractivity contribution is 7.91. The smallest absolute Gasteiger partial charge is 0.424 e. The summed E-state index contributed by atoms with van der Waals surface area (Å²) in [6.45, 7) is 4.80. The van der Waals surface area contributed by atoms with Crippen LogP contribution in [0.25, 0.3) is 0 Å². The summed E-state index contributed by atoms with van der Waals surface area (Å²) in [4.78, 5) is 73.0. The molecule has 57 heavy (non-hydrogen) atoms. The van der Waals surface area contributed by atoms with Gasteiger partial charge in [0.2, 0.25) is 38.7 Å². The number of sulfonamides is 2. The number of hydrogen-bond acceptors (Lipinski definition) is 13. The second-order valence-electron chi connectivity index (χ2n) is 16.9. The van der Waals surface area contributed by atoms with E-state index in [-0.39, 0.29) is 45.7 Å². The van der Waals surface area contributed by atoms with Gasteiger partial charge in [-0.15, -0.1) is 0 Å². The molecule has 4 aliphatic heterocycles. The molecule has 312 valence electrons. The molecule has 5 atom stereocenters. The third-order valence-electron chi connectivity index (χ3n) is 11.4. The number of ether oxygens (including phenoxy) is 4. The number of allylic oxidation sites excluding steroid dienone is 2. The largest absolute Gasteiger partial charge is 0.454 e. The molecular formula is C38H50N4O13S2. The predicted molar refractivity (Wildman–Crippen MR) is 201 cm³/mol. The number of rotatable bonds is 6. The fourth-order valence-electron chi connectivity index (χ4n) is 8.24. The van der Waals surface area contributed by atoms with E-state index in [4.69, 9.17) is 18.9 Å². The molecule has 1 saturated heterocycles. The Kier molecular flexibility index (Phi) is 10.8. The van der Waals surface area contributed by atoms with Gasteiger partial charge >= 0.3 is 12.2 Å². The maximum atomic E-state index is 14.8. The molecule has 2 aliphatic carbocycles. The lowest BCUT2D eigenvalue weighted by Crippen LogP contribution is -2.56. The van der Waals surface area contributed by atoms with Crippen molar-refractivity contribution in [2.75, 3.05) is 19.6 Å². The summed E-state index contributed by atoms with van der Waals surface area (Å²) >= 11 is 0. The van der Waals surface area contributed by atoms with Gasteiger partial charge in [0, 0.05) is 24.9 Å². The fraction of sp³-hybridized carbons (Fsp3) is 0.658. The fourth-order valence-corrected chi connectivity index (χ4v) is 10.6. The van der Waals surface area contributed by atoms with Gasteiger partial charge in [0.15, 0.2) is 17.3 Å². The molecule has 6 aliphatic rings. The minimum absolute atomic E-state index is 0.0551. The lowest BCUT2D eigenvalue weighted by Gasteiger charge is -2.35.